The molecule has 2 rings (SSSR count). The first kappa shape index (κ1) is 13.8. The molecule has 5 nitrogen and oxygen atoms in total. The highest BCUT2D eigenvalue weighted by molar-refractivity contribution is 5.52. The molecule has 2 N–H and O–H groups in total. The summed E-state index contributed by atoms with van der Waals surface area (Å²) in [6.07, 6.45) is 1.07. The Balaban J connectivity index is 1.76. The lowest BCUT2D eigenvalue weighted by Gasteiger charge is -2.27. The fourth-order valence-corrected chi connectivity index (χ4v) is 2.23. The van der Waals surface area contributed by atoms with E-state index in [0.29, 0.717) is 11.4 Å². The summed E-state index contributed by atoms with van der Waals surface area (Å²) in [5, 5.41) is 15.6. The molecule has 1 aromatic heterocycles. The Morgan fingerprint density at radius 2 is 2.21 bits per heavy atom. The molecule has 0 saturated carbocycles. The van der Waals surface area contributed by atoms with Crippen LogP contribution in [0, 0.1) is 18.3 Å². The topological polar surface area (TPSA) is 64.0 Å². The maximum Gasteiger partial charge on any atom is 0.144 e. The molecule has 1 aliphatic rings. The fraction of sp³-hybridized carbons (Fsp3) is 0.571. The van der Waals surface area contributed by atoms with Gasteiger partial charge in [-0.15, -0.1) is 0 Å². The third-order valence-electron chi connectivity index (χ3n) is 3.31. The molecule has 0 radical (unpaired) electrons. The first-order valence-electron chi connectivity index (χ1n) is 6.84. The molecule has 0 aliphatic carbocycles. The number of hydrogen-bond acceptors (Lipinski definition) is 5. The largest absolute Gasteiger partial charge is 0.369 e. The lowest BCUT2D eigenvalue weighted by molar-refractivity contribution is 0.240. The third kappa shape index (κ3) is 4.19. The number of piperazine rings is 1. The van der Waals surface area contributed by atoms with E-state index in [4.69, 9.17) is 5.26 Å². The molecule has 1 aliphatic heterocycles. The third-order valence-corrected chi connectivity index (χ3v) is 3.31. The molecule has 19 heavy (non-hydrogen) atoms. The number of anilines is 1. The monoisotopic (exact) mass is 259 g/mol. The van der Waals surface area contributed by atoms with E-state index < -0.39 is 0 Å². The van der Waals surface area contributed by atoms with E-state index in [-0.39, 0.29) is 0 Å². The summed E-state index contributed by atoms with van der Waals surface area (Å²) in [7, 11) is 0. The van der Waals surface area contributed by atoms with Crippen LogP contribution in [0.1, 0.15) is 17.7 Å². The van der Waals surface area contributed by atoms with Crippen molar-refractivity contribution in [3.05, 3.63) is 23.4 Å². The molecule has 0 atom stereocenters. The van der Waals surface area contributed by atoms with Gasteiger partial charge in [-0.3, -0.25) is 0 Å². The molecule has 2 heterocycles. The van der Waals surface area contributed by atoms with Gasteiger partial charge in [0.2, 0.25) is 0 Å². The van der Waals surface area contributed by atoms with E-state index in [1.165, 1.54) is 0 Å². The van der Waals surface area contributed by atoms with E-state index in [1.807, 2.05) is 19.1 Å². The summed E-state index contributed by atoms with van der Waals surface area (Å²) in [5.74, 6) is 0.711. The fourth-order valence-electron chi connectivity index (χ4n) is 2.23. The Bertz CT molecular complexity index is 446. The molecule has 1 fully saturated rings. The van der Waals surface area contributed by atoms with Gasteiger partial charge in [0.1, 0.15) is 11.9 Å². The zero-order chi connectivity index (χ0) is 13.5. The van der Waals surface area contributed by atoms with Crippen molar-refractivity contribution >= 4 is 5.82 Å². The second kappa shape index (κ2) is 7.07. The summed E-state index contributed by atoms with van der Waals surface area (Å²) in [5.41, 5.74) is 1.55. The van der Waals surface area contributed by atoms with Gasteiger partial charge >= 0.3 is 0 Å². The van der Waals surface area contributed by atoms with Gasteiger partial charge in [-0.2, -0.15) is 5.26 Å². The average Bonchev–Trinajstić information content (AvgIpc) is 2.45. The van der Waals surface area contributed by atoms with Gasteiger partial charge in [-0.05, 0) is 32.0 Å². The summed E-state index contributed by atoms with van der Waals surface area (Å²) in [6, 6.07) is 5.86. The van der Waals surface area contributed by atoms with Crippen LogP contribution in [0.5, 0.6) is 0 Å². The summed E-state index contributed by atoms with van der Waals surface area (Å²) in [4.78, 5) is 6.84. The molecule has 0 spiro atoms. The molecule has 1 aromatic rings. The highest BCUT2D eigenvalue weighted by Crippen LogP contribution is 2.11. The van der Waals surface area contributed by atoms with Gasteiger partial charge in [0, 0.05) is 38.4 Å². The zero-order valence-corrected chi connectivity index (χ0v) is 11.4. The maximum atomic E-state index is 9.02. The average molecular weight is 259 g/mol. The first-order chi connectivity index (χ1) is 9.29. The lowest BCUT2D eigenvalue weighted by Crippen LogP contribution is -2.44. The molecule has 0 amide bonds. The minimum atomic E-state index is 0.618. The number of pyridine rings is 1. The molecular formula is C14H21N5. The Hall–Kier alpha value is -1.64. The molecule has 0 bridgehead atoms. The Kier molecular flexibility index (Phi) is 5.13. The van der Waals surface area contributed by atoms with E-state index in [9.17, 15) is 0 Å². The second-order valence-electron chi connectivity index (χ2n) is 4.83. The van der Waals surface area contributed by atoms with Crippen molar-refractivity contribution in [1.82, 2.24) is 15.2 Å². The smallest absolute Gasteiger partial charge is 0.144 e. The molecule has 5 heteroatoms. The van der Waals surface area contributed by atoms with Gasteiger partial charge in [-0.1, -0.05) is 0 Å². The molecule has 102 valence electrons. The molecule has 0 aromatic carbocycles. The summed E-state index contributed by atoms with van der Waals surface area (Å²) < 4.78 is 0. The van der Waals surface area contributed by atoms with Crippen molar-refractivity contribution in [2.45, 2.75) is 13.3 Å². The van der Waals surface area contributed by atoms with E-state index in [1.54, 1.807) is 0 Å². The van der Waals surface area contributed by atoms with Crippen molar-refractivity contribution in [2.24, 2.45) is 0 Å². The van der Waals surface area contributed by atoms with Gasteiger partial charge in [0.25, 0.3) is 0 Å². The Morgan fingerprint density at radius 1 is 1.42 bits per heavy atom. The minimum absolute atomic E-state index is 0.618. The van der Waals surface area contributed by atoms with Crippen LogP contribution in [0.25, 0.3) is 0 Å². The number of hydrogen-bond donors (Lipinski definition) is 2. The summed E-state index contributed by atoms with van der Waals surface area (Å²) in [6.45, 7) is 8.33. The van der Waals surface area contributed by atoms with Crippen LogP contribution in [0.2, 0.25) is 0 Å². The molecule has 0 unspecified atom stereocenters. The van der Waals surface area contributed by atoms with Crippen LogP contribution in [-0.2, 0) is 0 Å². The highest BCUT2D eigenvalue weighted by Gasteiger charge is 2.08. The highest BCUT2D eigenvalue weighted by atomic mass is 15.2. The summed E-state index contributed by atoms with van der Waals surface area (Å²) >= 11 is 0. The predicted octanol–water partition coefficient (Wildman–Crippen LogP) is 0.969. The number of rotatable bonds is 5. The maximum absolute atomic E-state index is 9.02. The number of aryl methyl sites for hydroxylation is 1. The SMILES string of the molecule is Cc1ccc(C#N)c(NCCCN2CCNCC2)n1. The number of nitrogens with zero attached hydrogens (tertiary/aromatic N) is 3. The van der Waals surface area contributed by atoms with Crippen LogP contribution < -0.4 is 10.6 Å². The predicted molar refractivity (Wildman–Crippen MR) is 76.1 cm³/mol. The van der Waals surface area contributed by atoms with Gasteiger partial charge < -0.3 is 15.5 Å². The second-order valence-corrected chi connectivity index (χ2v) is 4.83. The Labute approximate surface area is 114 Å². The number of nitriles is 1. The molecule has 1 saturated heterocycles. The van der Waals surface area contributed by atoms with E-state index in [0.717, 1.165) is 51.4 Å². The number of nitrogens with one attached hydrogen (secondary N) is 2. The minimum Gasteiger partial charge on any atom is -0.369 e. The normalized spacial score (nSPS) is 16.0. The van der Waals surface area contributed by atoms with Gasteiger partial charge in [-0.25, -0.2) is 4.98 Å². The van der Waals surface area contributed by atoms with Crippen LogP contribution in [0.15, 0.2) is 12.1 Å². The van der Waals surface area contributed by atoms with Crippen molar-refractivity contribution in [2.75, 3.05) is 44.6 Å². The van der Waals surface area contributed by atoms with Crippen molar-refractivity contribution in [1.29, 1.82) is 5.26 Å². The van der Waals surface area contributed by atoms with Crippen molar-refractivity contribution in [3.8, 4) is 6.07 Å². The molecular weight excluding hydrogens is 238 g/mol. The number of aromatic nitrogens is 1. The van der Waals surface area contributed by atoms with Crippen LogP contribution in [-0.4, -0.2) is 49.2 Å². The first-order valence-corrected chi connectivity index (χ1v) is 6.84. The van der Waals surface area contributed by atoms with E-state index >= 15 is 0 Å². The van der Waals surface area contributed by atoms with Crippen LogP contribution >= 0.6 is 0 Å². The van der Waals surface area contributed by atoms with Gasteiger partial charge in [0.15, 0.2) is 0 Å². The van der Waals surface area contributed by atoms with Crippen LogP contribution in [0.3, 0.4) is 0 Å². The van der Waals surface area contributed by atoms with Crippen molar-refractivity contribution in [3.63, 3.8) is 0 Å². The zero-order valence-electron chi connectivity index (χ0n) is 11.4. The van der Waals surface area contributed by atoms with Crippen LogP contribution in [0.4, 0.5) is 5.82 Å². The Morgan fingerprint density at radius 3 is 2.95 bits per heavy atom. The van der Waals surface area contributed by atoms with E-state index in [2.05, 4.69) is 26.6 Å². The quantitative estimate of drug-likeness (QED) is 0.771. The van der Waals surface area contributed by atoms with Gasteiger partial charge in [0.05, 0.1) is 5.56 Å². The van der Waals surface area contributed by atoms with Crippen molar-refractivity contribution < 1.29 is 0 Å². The standard InChI is InChI=1S/C14H21N5/c1-12-3-4-13(11-15)14(18-12)17-5-2-8-19-9-6-16-7-10-19/h3-4,16H,2,5-10H2,1H3,(H,17,18). The lowest BCUT2D eigenvalue weighted by atomic mass is 10.2.